The summed E-state index contributed by atoms with van der Waals surface area (Å²) in [5.41, 5.74) is 10.6. The Labute approximate surface area is 191 Å². The van der Waals surface area contributed by atoms with Crippen LogP contribution in [0.2, 0.25) is 0 Å². The van der Waals surface area contributed by atoms with Gasteiger partial charge in [-0.1, -0.05) is 20.3 Å². The summed E-state index contributed by atoms with van der Waals surface area (Å²) in [5, 5.41) is 23.2. The number of carbonyl (C=O) groups excluding carboxylic acids is 4. The van der Waals surface area contributed by atoms with Gasteiger partial charge in [-0.15, -0.1) is 0 Å². The molecule has 0 radical (unpaired) electrons. The molecule has 13 nitrogen and oxygen atoms in total. The molecule has 13 heteroatoms. The van der Waals surface area contributed by atoms with E-state index in [1.807, 2.05) is 0 Å². The number of carboxylic acids is 2. The number of primary amides is 1. The van der Waals surface area contributed by atoms with Crippen molar-refractivity contribution in [3.05, 3.63) is 0 Å². The lowest BCUT2D eigenvalue weighted by molar-refractivity contribution is -0.146. The summed E-state index contributed by atoms with van der Waals surface area (Å²) >= 11 is 0. The number of hydrogen-bond acceptors (Lipinski definition) is 7. The highest BCUT2D eigenvalue weighted by Crippen LogP contribution is 2.21. The molecule has 33 heavy (non-hydrogen) atoms. The first-order valence-corrected chi connectivity index (χ1v) is 10.8. The van der Waals surface area contributed by atoms with E-state index in [9.17, 15) is 33.9 Å². The van der Waals surface area contributed by atoms with Crippen LogP contribution in [-0.2, 0) is 28.8 Å². The predicted octanol–water partition coefficient (Wildman–Crippen LogP) is -1.85. The maximum absolute atomic E-state index is 13.2. The first-order chi connectivity index (χ1) is 15.4. The molecule has 1 heterocycles. The normalized spacial score (nSPS) is 19.1. The molecule has 5 atom stereocenters. The van der Waals surface area contributed by atoms with E-state index in [0.717, 1.165) is 0 Å². The number of hydrogen-bond donors (Lipinski definition) is 6. The van der Waals surface area contributed by atoms with Crippen LogP contribution in [0.4, 0.5) is 0 Å². The average Bonchev–Trinajstić information content (AvgIpc) is 3.22. The third-order valence-electron chi connectivity index (χ3n) is 5.63. The highest BCUT2D eigenvalue weighted by atomic mass is 16.4. The molecule has 1 saturated heterocycles. The van der Waals surface area contributed by atoms with E-state index in [2.05, 4.69) is 10.6 Å². The van der Waals surface area contributed by atoms with Gasteiger partial charge in [0.1, 0.15) is 18.1 Å². The maximum Gasteiger partial charge on any atom is 0.326 e. The van der Waals surface area contributed by atoms with Crippen molar-refractivity contribution in [3.8, 4) is 0 Å². The van der Waals surface area contributed by atoms with Gasteiger partial charge in [0, 0.05) is 13.0 Å². The van der Waals surface area contributed by atoms with Crippen molar-refractivity contribution in [1.82, 2.24) is 15.5 Å². The Kier molecular flexibility index (Phi) is 10.7. The maximum atomic E-state index is 13.2. The number of nitrogens with one attached hydrogen (secondary N) is 2. The number of nitrogens with two attached hydrogens (primary N) is 2. The van der Waals surface area contributed by atoms with Gasteiger partial charge in [-0.3, -0.25) is 24.0 Å². The number of rotatable bonds is 13. The SMILES string of the molecule is CCC(C)C(NC(=O)C1CCCN1C(=O)C(CCC(=O)O)NC(=O)C(N)CC(N)=O)C(=O)O. The Balaban J connectivity index is 3.00. The number of carbonyl (C=O) groups is 6. The molecular formula is C20H33N5O8. The molecule has 8 N–H and O–H groups in total. The van der Waals surface area contributed by atoms with Crippen LogP contribution in [0.5, 0.6) is 0 Å². The molecule has 1 aliphatic rings. The van der Waals surface area contributed by atoms with Crippen molar-refractivity contribution in [2.24, 2.45) is 17.4 Å². The van der Waals surface area contributed by atoms with E-state index < -0.39 is 72.6 Å². The minimum absolute atomic E-state index is 0.171. The molecule has 0 aromatic heterocycles. The van der Waals surface area contributed by atoms with Crippen LogP contribution in [0.25, 0.3) is 0 Å². The predicted molar refractivity (Wildman–Crippen MR) is 114 cm³/mol. The van der Waals surface area contributed by atoms with Crippen LogP contribution in [0.3, 0.4) is 0 Å². The van der Waals surface area contributed by atoms with Gasteiger partial charge in [0.15, 0.2) is 0 Å². The highest BCUT2D eigenvalue weighted by molar-refractivity contribution is 5.95. The molecule has 4 amide bonds. The minimum atomic E-state index is -1.33. The lowest BCUT2D eigenvalue weighted by atomic mass is 9.98. The summed E-state index contributed by atoms with van der Waals surface area (Å²) in [6.07, 6.45) is 0.0864. The Hall–Kier alpha value is -3.22. The van der Waals surface area contributed by atoms with Crippen LogP contribution in [0.1, 0.15) is 52.4 Å². The van der Waals surface area contributed by atoms with Crippen LogP contribution in [0.15, 0.2) is 0 Å². The molecule has 0 bridgehead atoms. The summed E-state index contributed by atoms with van der Waals surface area (Å²) in [4.78, 5) is 73.0. The van der Waals surface area contributed by atoms with Crippen molar-refractivity contribution < 1.29 is 39.0 Å². The Morgan fingerprint density at radius 3 is 2.27 bits per heavy atom. The second-order valence-electron chi connectivity index (χ2n) is 8.17. The number of amides is 4. The van der Waals surface area contributed by atoms with Crippen molar-refractivity contribution in [2.75, 3.05) is 6.54 Å². The summed E-state index contributed by atoms with van der Waals surface area (Å²) in [5.74, 6) is -5.74. The van der Waals surface area contributed by atoms with E-state index >= 15 is 0 Å². The molecule has 1 aliphatic heterocycles. The molecule has 1 rings (SSSR count). The average molecular weight is 472 g/mol. The standard InChI is InChI=1S/C20H33N5O8/c1-3-10(2)16(20(32)33)24-18(30)13-5-4-8-25(13)19(31)12(6-7-15(27)28)23-17(29)11(21)9-14(22)26/h10-13,16H,3-9,21H2,1-2H3,(H2,22,26)(H,23,29)(H,24,30)(H,27,28)(H,32,33). The quantitative estimate of drug-likeness (QED) is 0.177. The van der Waals surface area contributed by atoms with Crippen LogP contribution in [0, 0.1) is 5.92 Å². The zero-order valence-electron chi connectivity index (χ0n) is 18.8. The monoisotopic (exact) mass is 471 g/mol. The van der Waals surface area contributed by atoms with Gasteiger partial charge in [-0.05, 0) is 25.2 Å². The summed E-state index contributed by atoms with van der Waals surface area (Å²) in [6, 6.07) is -4.72. The number of carboxylic acid groups (broad SMARTS) is 2. The molecule has 5 unspecified atom stereocenters. The van der Waals surface area contributed by atoms with Gasteiger partial charge in [0.25, 0.3) is 0 Å². The molecule has 0 aromatic rings. The largest absolute Gasteiger partial charge is 0.481 e. The van der Waals surface area contributed by atoms with Gasteiger partial charge >= 0.3 is 11.9 Å². The van der Waals surface area contributed by atoms with E-state index in [1.54, 1.807) is 13.8 Å². The third-order valence-corrected chi connectivity index (χ3v) is 5.63. The lowest BCUT2D eigenvalue weighted by Crippen LogP contribution is -2.57. The van der Waals surface area contributed by atoms with Crippen molar-refractivity contribution >= 4 is 35.6 Å². The first-order valence-electron chi connectivity index (χ1n) is 10.8. The van der Waals surface area contributed by atoms with Crippen molar-refractivity contribution in [3.63, 3.8) is 0 Å². The fourth-order valence-corrected chi connectivity index (χ4v) is 3.55. The first kappa shape index (κ1) is 27.8. The van der Waals surface area contributed by atoms with Gasteiger partial charge in [-0.25, -0.2) is 4.79 Å². The molecule has 1 fully saturated rings. The van der Waals surface area contributed by atoms with Gasteiger partial charge in [0.05, 0.1) is 12.5 Å². The van der Waals surface area contributed by atoms with E-state index in [4.69, 9.17) is 16.6 Å². The van der Waals surface area contributed by atoms with Crippen LogP contribution < -0.4 is 22.1 Å². The molecule has 0 aliphatic carbocycles. The second-order valence-corrected chi connectivity index (χ2v) is 8.17. The van der Waals surface area contributed by atoms with Crippen molar-refractivity contribution in [1.29, 1.82) is 0 Å². The van der Waals surface area contributed by atoms with Crippen LogP contribution in [-0.4, -0.2) is 81.4 Å². The molecule has 186 valence electrons. The summed E-state index contributed by atoms with van der Waals surface area (Å²) in [7, 11) is 0. The number of aliphatic carboxylic acids is 2. The minimum Gasteiger partial charge on any atom is -0.481 e. The van der Waals surface area contributed by atoms with Crippen LogP contribution >= 0.6 is 0 Å². The fraction of sp³-hybridized carbons (Fsp3) is 0.700. The summed E-state index contributed by atoms with van der Waals surface area (Å²) < 4.78 is 0. The van der Waals surface area contributed by atoms with Gasteiger partial charge < -0.3 is 37.2 Å². The fourth-order valence-electron chi connectivity index (χ4n) is 3.55. The Bertz CT molecular complexity index is 774. The lowest BCUT2D eigenvalue weighted by Gasteiger charge is -2.30. The molecule has 0 spiro atoms. The third kappa shape index (κ3) is 8.33. The molecule has 0 saturated carbocycles. The van der Waals surface area contributed by atoms with E-state index in [0.29, 0.717) is 12.8 Å². The topological polar surface area (TPSA) is 222 Å². The molecular weight excluding hydrogens is 438 g/mol. The van der Waals surface area contributed by atoms with Gasteiger partial charge in [0.2, 0.25) is 23.6 Å². The number of nitrogens with zero attached hydrogens (tertiary/aromatic N) is 1. The van der Waals surface area contributed by atoms with E-state index in [-0.39, 0.29) is 25.3 Å². The van der Waals surface area contributed by atoms with Crippen molar-refractivity contribution in [2.45, 2.75) is 76.5 Å². The second kappa shape index (κ2) is 12.7. The highest BCUT2D eigenvalue weighted by Gasteiger charge is 2.39. The molecule has 0 aromatic carbocycles. The van der Waals surface area contributed by atoms with E-state index in [1.165, 1.54) is 4.90 Å². The zero-order valence-corrected chi connectivity index (χ0v) is 18.8. The van der Waals surface area contributed by atoms with Gasteiger partial charge in [-0.2, -0.15) is 0 Å². The summed E-state index contributed by atoms with van der Waals surface area (Å²) in [6.45, 7) is 3.64. The Morgan fingerprint density at radius 2 is 1.76 bits per heavy atom. The Morgan fingerprint density at radius 1 is 1.12 bits per heavy atom. The smallest absolute Gasteiger partial charge is 0.326 e. The number of likely N-dealkylation sites (tertiary alicyclic amines) is 1. The zero-order chi connectivity index (χ0) is 25.3.